The maximum absolute atomic E-state index is 15.0. The summed E-state index contributed by atoms with van der Waals surface area (Å²) in [5, 5.41) is 10.9. The fraction of sp³-hybridized carbons (Fsp3) is 0. The van der Waals surface area contributed by atoms with Crippen LogP contribution in [0.25, 0.3) is 44.3 Å². The number of pyridine rings is 3. The Hall–Kier alpha value is -4.37. The predicted octanol–water partition coefficient (Wildman–Crippen LogP) is 4.82. The molecule has 0 unspecified atom stereocenters. The number of hydrogen-bond donors (Lipinski definition) is 1. The van der Waals surface area contributed by atoms with Crippen LogP contribution in [0.1, 0.15) is 5.56 Å². The topological polar surface area (TPSA) is 82.4 Å². The second kappa shape index (κ2) is 6.90. The van der Waals surface area contributed by atoms with Crippen LogP contribution in [-0.4, -0.2) is 15.0 Å². The van der Waals surface area contributed by atoms with Crippen LogP contribution in [0.2, 0.25) is 0 Å². The van der Waals surface area contributed by atoms with Crippen molar-refractivity contribution in [1.29, 1.82) is 5.26 Å². The van der Waals surface area contributed by atoms with Gasteiger partial charge in [0, 0.05) is 34.2 Å². The lowest BCUT2D eigenvalue weighted by atomic mass is 9.96. The second-order valence-corrected chi connectivity index (χ2v) is 6.83. The molecule has 0 amide bonds. The molecule has 0 saturated carbocycles. The van der Waals surface area contributed by atoms with Crippen LogP contribution in [0.5, 0.6) is 0 Å². The van der Waals surface area contributed by atoms with E-state index in [1.807, 2.05) is 42.5 Å². The maximum Gasteiger partial charge on any atom is 0.249 e. The van der Waals surface area contributed by atoms with Crippen molar-refractivity contribution in [2.24, 2.45) is 0 Å². The molecule has 0 saturated heterocycles. The second-order valence-electron chi connectivity index (χ2n) is 6.83. The van der Waals surface area contributed by atoms with Crippen molar-refractivity contribution >= 4 is 21.9 Å². The highest BCUT2D eigenvalue weighted by molar-refractivity contribution is 5.93. The fourth-order valence-electron chi connectivity index (χ4n) is 3.55. The van der Waals surface area contributed by atoms with Crippen molar-refractivity contribution in [1.82, 2.24) is 15.0 Å². The van der Waals surface area contributed by atoms with Crippen LogP contribution in [-0.2, 0) is 0 Å². The monoisotopic (exact) mass is 392 g/mol. The molecular weight excluding hydrogens is 379 g/mol. The summed E-state index contributed by atoms with van der Waals surface area (Å²) in [6.07, 6.45) is 1.73. The molecule has 0 bridgehead atoms. The van der Waals surface area contributed by atoms with Crippen molar-refractivity contribution in [2.45, 2.75) is 0 Å². The summed E-state index contributed by atoms with van der Waals surface area (Å²) in [6.45, 7) is 0. The first-order valence-electron chi connectivity index (χ1n) is 9.22. The Labute approximate surface area is 170 Å². The zero-order valence-corrected chi connectivity index (χ0v) is 15.6. The Morgan fingerprint density at radius 3 is 2.70 bits per heavy atom. The summed E-state index contributed by atoms with van der Waals surface area (Å²) < 4.78 is 15.0. The van der Waals surface area contributed by atoms with E-state index in [1.165, 1.54) is 12.1 Å². The molecule has 142 valence electrons. The number of nitrogens with zero attached hydrogens (tertiary/aromatic N) is 3. The van der Waals surface area contributed by atoms with Gasteiger partial charge in [-0.05, 0) is 48.0 Å². The summed E-state index contributed by atoms with van der Waals surface area (Å²) in [6, 6.07) is 21.0. The number of fused-ring (bicyclic) bond motifs is 2. The van der Waals surface area contributed by atoms with E-state index in [-0.39, 0.29) is 16.7 Å². The molecule has 0 spiro atoms. The Kier molecular flexibility index (Phi) is 4.08. The predicted molar refractivity (Wildman–Crippen MR) is 113 cm³/mol. The maximum atomic E-state index is 15.0. The highest BCUT2D eigenvalue weighted by atomic mass is 19.1. The van der Waals surface area contributed by atoms with E-state index < -0.39 is 5.82 Å². The third-order valence-corrected chi connectivity index (χ3v) is 5.00. The van der Waals surface area contributed by atoms with Gasteiger partial charge in [-0.3, -0.25) is 9.78 Å². The zero-order chi connectivity index (χ0) is 20.7. The van der Waals surface area contributed by atoms with E-state index in [9.17, 15) is 10.1 Å². The first kappa shape index (κ1) is 17.7. The smallest absolute Gasteiger partial charge is 0.249 e. The van der Waals surface area contributed by atoms with E-state index in [2.05, 4.69) is 15.0 Å². The zero-order valence-electron chi connectivity index (χ0n) is 15.6. The number of hydrogen-bond acceptors (Lipinski definition) is 4. The fourth-order valence-corrected chi connectivity index (χ4v) is 3.55. The molecule has 0 aliphatic heterocycles. The third kappa shape index (κ3) is 2.90. The van der Waals surface area contributed by atoms with Crippen LogP contribution in [0.15, 0.2) is 77.7 Å². The highest BCUT2D eigenvalue weighted by Gasteiger charge is 2.17. The van der Waals surface area contributed by atoms with Gasteiger partial charge in [-0.15, -0.1) is 0 Å². The van der Waals surface area contributed by atoms with Gasteiger partial charge in [0.15, 0.2) is 0 Å². The van der Waals surface area contributed by atoms with Gasteiger partial charge >= 0.3 is 0 Å². The average molecular weight is 392 g/mol. The molecular formula is C24H13FN4O. The lowest BCUT2D eigenvalue weighted by Gasteiger charge is -2.13. The van der Waals surface area contributed by atoms with Gasteiger partial charge in [-0.1, -0.05) is 18.2 Å². The van der Waals surface area contributed by atoms with Crippen molar-refractivity contribution < 1.29 is 4.39 Å². The van der Waals surface area contributed by atoms with Crippen LogP contribution in [0, 0.1) is 17.1 Å². The number of aromatic nitrogens is 3. The molecule has 0 fully saturated rings. The standard InChI is InChI=1S/C24H13FN4O/c25-22-17(13-26)3-1-5-18(22)23-19(12-16-7-9-21(30)28-24(16)29-23)14-6-8-20-15(11-14)4-2-10-27-20/h1-12H,(H,28,29,30). The molecule has 0 aliphatic carbocycles. The number of nitriles is 1. The lowest BCUT2D eigenvalue weighted by molar-refractivity contribution is 0.627. The first-order valence-corrected chi connectivity index (χ1v) is 9.22. The van der Waals surface area contributed by atoms with Crippen molar-refractivity contribution in [3.8, 4) is 28.5 Å². The Balaban J connectivity index is 1.86. The Morgan fingerprint density at radius 1 is 0.933 bits per heavy atom. The molecule has 0 radical (unpaired) electrons. The number of rotatable bonds is 2. The number of nitrogens with one attached hydrogen (secondary N) is 1. The van der Waals surface area contributed by atoms with Gasteiger partial charge in [0.2, 0.25) is 5.56 Å². The van der Waals surface area contributed by atoms with Crippen LogP contribution < -0.4 is 5.56 Å². The summed E-state index contributed by atoms with van der Waals surface area (Å²) in [5.74, 6) is -0.645. The Bertz CT molecular complexity index is 1550. The molecule has 0 aliphatic rings. The number of H-pyrrole nitrogens is 1. The average Bonchev–Trinajstić information content (AvgIpc) is 2.78. The molecule has 5 aromatic rings. The van der Waals surface area contributed by atoms with Gasteiger partial charge < -0.3 is 4.98 Å². The van der Waals surface area contributed by atoms with E-state index >= 15 is 4.39 Å². The van der Waals surface area contributed by atoms with Crippen LogP contribution in [0.3, 0.4) is 0 Å². The first-order chi connectivity index (χ1) is 14.6. The number of aromatic amines is 1. The minimum absolute atomic E-state index is 0.0652. The van der Waals surface area contributed by atoms with Crippen molar-refractivity contribution in [3.05, 3.63) is 94.7 Å². The molecule has 0 atom stereocenters. The normalized spacial score (nSPS) is 10.9. The SMILES string of the molecule is N#Cc1cccc(-c2nc3[nH]c(=O)ccc3cc2-c2ccc3ncccc3c2)c1F. The summed E-state index contributed by atoms with van der Waals surface area (Å²) in [5.41, 5.74) is 2.90. The minimum atomic E-state index is -0.645. The van der Waals surface area contributed by atoms with Crippen LogP contribution in [0.4, 0.5) is 4.39 Å². The van der Waals surface area contributed by atoms with Crippen LogP contribution >= 0.6 is 0 Å². The van der Waals surface area contributed by atoms with Gasteiger partial charge in [0.25, 0.3) is 0 Å². The Morgan fingerprint density at radius 2 is 1.83 bits per heavy atom. The van der Waals surface area contributed by atoms with E-state index in [0.29, 0.717) is 16.9 Å². The third-order valence-electron chi connectivity index (χ3n) is 5.00. The molecule has 3 aromatic heterocycles. The highest BCUT2D eigenvalue weighted by Crippen LogP contribution is 2.35. The molecule has 30 heavy (non-hydrogen) atoms. The molecule has 6 heteroatoms. The summed E-state index contributed by atoms with van der Waals surface area (Å²) in [4.78, 5) is 23.4. The largest absolute Gasteiger partial charge is 0.307 e. The minimum Gasteiger partial charge on any atom is -0.307 e. The molecule has 3 heterocycles. The molecule has 2 aromatic carbocycles. The molecule has 5 rings (SSSR count). The number of halogens is 1. The van der Waals surface area contributed by atoms with E-state index in [0.717, 1.165) is 21.9 Å². The van der Waals surface area contributed by atoms with Gasteiger partial charge in [0.1, 0.15) is 17.5 Å². The van der Waals surface area contributed by atoms with Crippen molar-refractivity contribution in [2.75, 3.05) is 0 Å². The quantitative estimate of drug-likeness (QED) is 0.467. The summed E-state index contributed by atoms with van der Waals surface area (Å²) in [7, 11) is 0. The van der Waals surface area contributed by atoms with Gasteiger partial charge in [-0.25, -0.2) is 9.37 Å². The van der Waals surface area contributed by atoms with E-state index in [1.54, 1.807) is 24.4 Å². The number of benzene rings is 2. The van der Waals surface area contributed by atoms with Crippen molar-refractivity contribution in [3.63, 3.8) is 0 Å². The van der Waals surface area contributed by atoms with Gasteiger partial charge in [0.05, 0.1) is 16.8 Å². The van der Waals surface area contributed by atoms with Gasteiger partial charge in [-0.2, -0.15) is 5.26 Å². The molecule has 1 N–H and O–H groups in total. The lowest BCUT2D eigenvalue weighted by Crippen LogP contribution is -2.05. The van der Waals surface area contributed by atoms with E-state index in [4.69, 9.17) is 0 Å². The summed E-state index contributed by atoms with van der Waals surface area (Å²) >= 11 is 0. The molecule has 5 nitrogen and oxygen atoms in total.